The molecule has 0 radical (unpaired) electrons. The van der Waals surface area contributed by atoms with E-state index in [1.54, 1.807) is 21.0 Å². The molecule has 1 heterocycles. The summed E-state index contributed by atoms with van der Waals surface area (Å²) < 4.78 is 4.95. The highest BCUT2D eigenvalue weighted by molar-refractivity contribution is 8.00. The summed E-state index contributed by atoms with van der Waals surface area (Å²) >= 11 is 1.24. The Morgan fingerprint density at radius 2 is 2.20 bits per heavy atom. The molecule has 0 bridgehead atoms. The van der Waals surface area contributed by atoms with Crippen LogP contribution in [0.25, 0.3) is 0 Å². The second-order valence-electron chi connectivity index (χ2n) is 4.36. The number of aryl methyl sites for hydroxylation is 2. The van der Waals surface area contributed by atoms with Crippen molar-refractivity contribution in [2.75, 3.05) is 19.5 Å². The van der Waals surface area contributed by atoms with E-state index < -0.39 is 0 Å². The van der Waals surface area contributed by atoms with Gasteiger partial charge in [-0.1, -0.05) is 11.8 Å². The van der Waals surface area contributed by atoms with Crippen molar-refractivity contribution in [3.8, 4) is 6.07 Å². The van der Waals surface area contributed by atoms with E-state index in [1.165, 1.54) is 11.8 Å². The standard InChI is InChI=1S/C13H18N4O2S/c1-8(6-19-4)15-12(18)7-20-13-11(5-14)9(2)16-10(3)17-13/h8H,6-7H2,1-4H3,(H,15,18). The van der Waals surface area contributed by atoms with Crippen LogP contribution in [-0.2, 0) is 9.53 Å². The first-order valence-electron chi connectivity index (χ1n) is 6.14. The van der Waals surface area contributed by atoms with E-state index in [9.17, 15) is 4.79 Å². The quantitative estimate of drug-likeness (QED) is 0.626. The molecule has 7 heteroatoms. The van der Waals surface area contributed by atoms with E-state index in [-0.39, 0.29) is 17.7 Å². The van der Waals surface area contributed by atoms with Crippen molar-refractivity contribution in [3.63, 3.8) is 0 Å². The van der Waals surface area contributed by atoms with Crippen molar-refractivity contribution < 1.29 is 9.53 Å². The van der Waals surface area contributed by atoms with E-state index in [0.717, 1.165) is 0 Å². The van der Waals surface area contributed by atoms with Crippen LogP contribution in [0.1, 0.15) is 24.0 Å². The normalized spacial score (nSPS) is 11.8. The molecule has 20 heavy (non-hydrogen) atoms. The molecule has 0 aromatic carbocycles. The SMILES string of the molecule is COCC(C)NC(=O)CSc1nc(C)nc(C)c1C#N. The van der Waals surface area contributed by atoms with Gasteiger partial charge in [0.2, 0.25) is 5.91 Å². The van der Waals surface area contributed by atoms with Crippen LogP contribution in [0.3, 0.4) is 0 Å². The maximum absolute atomic E-state index is 11.8. The molecular weight excluding hydrogens is 276 g/mol. The molecule has 0 saturated heterocycles. The third-order valence-corrected chi connectivity index (χ3v) is 3.42. The largest absolute Gasteiger partial charge is 0.383 e. The van der Waals surface area contributed by atoms with Crippen molar-refractivity contribution >= 4 is 17.7 Å². The van der Waals surface area contributed by atoms with E-state index >= 15 is 0 Å². The summed E-state index contributed by atoms with van der Waals surface area (Å²) in [5, 5.41) is 12.5. The fraction of sp³-hybridized carbons (Fsp3) is 0.538. The van der Waals surface area contributed by atoms with Gasteiger partial charge in [-0.2, -0.15) is 5.26 Å². The van der Waals surface area contributed by atoms with Gasteiger partial charge in [-0.05, 0) is 20.8 Å². The number of nitriles is 1. The summed E-state index contributed by atoms with van der Waals surface area (Å²) in [6, 6.07) is 2.03. The lowest BCUT2D eigenvalue weighted by Gasteiger charge is -2.12. The van der Waals surface area contributed by atoms with Gasteiger partial charge in [0.15, 0.2) is 0 Å². The summed E-state index contributed by atoms with van der Waals surface area (Å²) in [6.45, 7) is 5.86. The van der Waals surface area contributed by atoms with E-state index in [0.29, 0.717) is 28.7 Å². The lowest BCUT2D eigenvalue weighted by molar-refractivity contribution is -0.119. The Morgan fingerprint density at radius 1 is 1.50 bits per heavy atom. The molecule has 1 unspecified atom stereocenters. The minimum absolute atomic E-state index is 0.0441. The zero-order chi connectivity index (χ0) is 15.1. The first kappa shape index (κ1) is 16.4. The second kappa shape index (κ2) is 7.82. The average Bonchev–Trinajstić information content (AvgIpc) is 2.36. The number of carbonyl (C=O) groups excluding carboxylic acids is 1. The summed E-state index contributed by atoms with van der Waals surface area (Å²) in [7, 11) is 1.59. The number of amides is 1. The Balaban J connectivity index is 2.66. The number of nitrogens with one attached hydrogen (secondary N) is 1. The topological polar surface area (TPSA) is 87.9 Å². The van der Waals surface area contributed by atoms with E-state index in [1.807, 2.05) is 6.92 Å². The first-order chi connectivity index (χ1) is 9.47. The summed E-state index contributed by atoms with van der Waals surface area (Å²) in [4.78, 5) is 20.1. The van der Waals surface area contributed by atoms with Crippen LogP contribution < -0.4 is 5.32 Å². The predicted molar refractivity (Wildman–Crippen MR) is 76.4 cm³/mol. The zero-order valence-electron chi connectivity index (χ0n) is 12.1. The Bertz CT molecular complexity index is 528. The minimum atomic E-state index is -0.114. The smallest absolute Gasteiger partial charge is 0.230 e. The van der Waals surface area contributed by atoms with Crippen LogP contribution in [0.2, 0.25) is 0 Å². The molecule has 0 saturated carbocycles. The number of hydrogen-bond donors (Lipinski definition) is 1. The highest BCUT2D eigenvalue weighted by Gasteiger charge is 2.13. The number of methoxy groups -OCH3 is 1. The maximum Gasteiger partial charge on any atom is 0.230 e. The first-order valence-corrected chi connectivity index (χ1v) is 7.13. The maximum atomic E-state index is 11.8. The van der Waals surface area contributed by atoms with Gasteiger partial charge in [-0.15, -0.1) is 0 Å². The molecule has 1 amide bonds. The van der Waals surface area contributed by atoms with Crippen molar-refractivity contribution in [1.29, 1.82) is 5.26 Å². The number of ether oxygens (including phenoxy) is 1. The highest BCUT2D eigenvalue weighted by Crippen LogP contribution is 2.21. The lowest BCUT2D eigenvalue weighted by Crippen LogP contribution is -2.36. The molecule has 1 aromatic rings. The van der Waals surface area contributed by atoms with Crippen LogP contribution in [0.15, 0.2) is 5.03 Å². The molecule has 1 atom stereocenters. The molecule has 0 aliphatic heterocycles. The van der Waals surface area contributed by atoms with Crippen LogP contribution in [0.5, 0.6) is 0 Å². The van der Waals surface area contributed by atoms with Crippen molar-refractivity contribution in [2.24, 2.45) is 0 Å². The van der Waals surface area contributed by atoms with Crippen molar-refractivity contribution in [2.45, 2.75) is 31.8 Å². The van der Waals surface area contributed by atoms with Gasteiger partial charge in [0.25, 0.3) is 0 Å². The third-order valence-electron chi connectivity index (χ3n) is 2.44. The fourth-order valence-corrected chi connectivity index (χ4v) is 2.54. The molecule has 108 valence electrons. The molecular formula is C13H18N4O2S. The number of rotatable bonds is 6. The summed E-state index contributed by atoms with van der Waals surface area (Å²) in [6.07, 6.45) is 0. The van der Waals surface area contributed by atoms with E-state index in [2.05, 4.69) is 21.4 Å². The van der Waals surface area contributed by atoms with Gasteiger partial charge in [-0.3, -0.25) is 4.79 Å². The molecule has 1 N–H and O–H groups in total. The zero-order valence-corrected chi connectivity index (χ0v) is 12.9. The predicted octanol–water partition coefficient (Wildman–Crippen LogP) is 1.21. The Morgan fingerprint density at radius 3 is 2.80 bits per heavy atom. The highest BCUT2D eigenvalue weighted by atomic mass is 32.2. The van der Waals surface area contributed by atoms with Gasteiger partial charge < -0.3 is 10.1 Å². The monoisotopic (exact) mass is 294 g/mol. The van der Waals surface area contributed by atoms with Crippen LogP contribution in [0, 0.1) is 25.2 Å². The molecule has 1 rings (SSSR count). The average molecular weight is 294 g/mol. The van der Waals surface area contributed by atoms with Gasteiger partial charge in [-0.25, -0.2) is 9.97 Å². The molecule has 1 aromatic heterocycles. The van der Waals surface area contributed by atoms with Gasteiger partial charge in [0.05, 0.1) is 18.1 Å². The minimum Gasteiger partial charge on any atom is -0.383 e. The van der Waals surface area contributed by atoms with Gasteiger partial charge in [0, 0.05) is 13.2 Å². The summed E-state index contributed by atoms with van der Waals surface area (Å²) in [5.74, 6) is 0.688. The Labute approximate surface area is 122 Å². The molecule has 0 aliphatic carbocycles. The molecule has 0 aliphatic rings. The number of thioether (sulfide) groups is 1. The fourth-order valence-electron chi connectivity index (χ4n) is 1.66. The number of carbonyl (C=O) groups is 1. The van der Waals surface area contributed by atoms with Crippen molar-refractivity contribution in [3.05, 3.63) is 17.1 Å². The number of nitrogens with zero attached hydrogens (tertiary/aromatic N) is 3. The number of hydrogen-bond acceptors (Lipinski definition) is 6. The lowest BCUT2D eigenvalue weighted by atomic mass is 10.3. The molecule has 6 nitrogen and oxygen atoms in total. The Kier molecular flexibility index (Phi) is 6.42. The second-order valence-corrected chi connectivity index (χ2v) is 5.32. The molecule has 0 fully saturated rings. The van der Waals surface area contributed by atoms with Crippen molar-refractivity contribution in [1.82, 2.24) is 15.3 Å². The van der Waals surface area contributed by atoms with Crippen LogP contribution in [-0.4, -0.2) is 41.4 Å². The van der Waals surface area contributed by atoms with E-state index in [4.69, 9.17) is 10.00 Å². The Hall–Kier alpha value is -1.65. The third kappa shape index (κ3) is 4.79. The van der Waals surface area contributed by atoms with Crippen LogP contribution in [0.4, 0.5) is 0 Å². The molecule has 0 spiro atoms. The number of aromatic nitrogens is 2. The summed E-state index contributed by atoms with van der Waals surface area (Å²) in [5.41, 5.74) is 1.06. The van der Waals surface area contributed by atoms with Gasteiger partial charge >= 0.3 is 0 Å². The van der Waals surface area contributed by atoms with Crippen LogP contribution >= 0.6 is 11.8 Å². The van der Waals surface area contributed by atoms with Gasteiger partial charge in [0.1, 0.15) is 22.5 Å².